The molecule has 1 aliphatic heterocycles. The topological polar surface area (TPSA) is 3.24 Å². The van der Waals surface area contributed by atoms with E-state index < -0.39 is 0 Å². The van der Waals surface area contributed by atoms with Crippen molar-refractivity contribution in [2.24, 2.45) is 0 Å². The maximum absolute atomic E-state index is 2.37. The molecule has 0 spiro atoms. The molecule has 1 fully saturated rings. The summed E-state index contributed by atoms with van der Waals surface area (Å²) >= 11 is 2.05. The number of nitrogens with zero attached hydrogens (tertiary/aromatic N) is 1. The fraction of sp³-hybridized carbons (Fsp3) is 1.00. The Balaban J connectivity index is 2.19. The van der Waals surface area contributed by atoms with Gasteiger partial charge in [0.05, 0.1) is 0 Å². The quantitative estimate of drug-likeness (QED) is 0.489. The minimum Gasteiger partial charge on any atom is -0.297 e. The molecular formula is C6H13NS. The molecule has 0 aromatic carbocycles. The molecule has 0 N–H and O–H groups in total. The van der Waals surface area contributed by atoms with E-state index in [9.17, 15) is 0 Å². The summed E-state index contributed by atoms with van der Waals surface area (Å²) < 4.78 is 0. The molecule has 1 rings (SSSR count). The van der Waals surface area contributed by atoms with Crippen LogP contribution in [0.2, 0.25) is 0 Å². The maximum atomic E-state index is 2.37. The van der Waals surface area contributed by atoms with Crippen LogP contribution in [0.3, 0.4) is 0 Å². The summed E-state index contributed by atoms with van der Waals surface area (Å²) in [7, 11) is 2.18. The lowest BCUT2D eigenvalue weighted by Gasteiger charge is -2.25. The second-order valence-corrected chi connectivity index (χ2v) is 3.87. The van der Waals surface area contributed by atoms with E-state index in [0.717, 1.165) is 5.25 Å². The van der Waals surface area contributed by atoms with Gasteiger partial charge in [-0.3, -0.25) is 4.90 Å². The van der Waals surface area contributed by atoms with Crippen molar-refractivity contribution in [3.63, 3.8) is 0 Å². The van der Waals surface area contributed by atoms with E-state index in [1.165, 1.54) is 18.8 Å². The van der Waals surface area contributed by atoms with Crippen molar-refractivity contribution < 1.29 is 0 Å². The van der Waals surface area contributed by atoms with Crippen molar-refractivity contribution in [2.45, 2.75) is 18.6 Å². The molecule has 1 saturated heterocycles. The summed E-state index contributed by atoms with van der Waals surface area (Å²) in [5.74, 6) is 1.22. The zero-order valence-electron chi connectivity index (χ0n) is 5.55. The van der Waals surface area contributed by atoms with E-state index in [2.05, 4.69) is 30.6 Å². The molecule has 0 bridgehead atoms. The molecule has 0 amide bonds. The molecule has 1 aliphatic rings. The van der Waals surface area contributed by atoms with Gasteiger partial charge in [-0.1, -0.05) is 6.92 Å². The van der Waals surface area contributed by atoms with Crippen molar-refractivity contribution in [2.75, 3.05) is 19.5 Å². The molecule has 8 heavy (non-hydrogen) atoms. The van der Waals surface area contributed by atoms with Crippen molar-refractivity contribution in [3.8, 4) is 0 Å². The predicted molar refractivity (Wildman–Crippen MR) is 39.2 cm³/mol. The van der Waals surface area contributed by atoms with Gasteiger partial charge >= 0.3 is 0 Å². The average molecular weight is 131 g/mol. The molecule has 0 aromatic rings. The Kier molecular flexibility index (Phi) is 2.20. The van der Waals surface area contributed by atoms with Gasteiger partial charge in [0.1, 0.15) is 0 Å². The molecule has 0 saturated carbocycles. The van der Waals surface area contributed by atoms with Crippen LogP contribution < -0.4 is 0 Å². The molecule has 1 unspecified atom stereocenters. The third-order valence-corrected chi connectivity index (χ3v) is 2.89. The molecule has 0 aromatic heterocycles. The van der Waals surface area contributed by atoms with Gasteiger partial charge in [-0.25, -0.2) is 0 Å². The van der Waals surface area contributed by atoms with Crippen LogP contribution in [0.1, 0.15) is 13.3 Å². The van der Waals surface area contributed by atoms with Gasteiger partial charge in [0, 0.05) is 11.1 Å². The second-order valence-electron chi connectivity index (χ2n) is 2.47. The SMILES string of the molecule is CC1CCN(C)CS1. The van der Waals surface area contributed by atoms with E-state index in [4.69, 9.17) is 0 Å². The Labute approximate surface area is 55.4 Å². The van der Waals surface area contributed by atoms with Crippen molar-refractivity contribution >= 4 is 11.8 Å². The maximum Gasteiger partial charge on any atom is 0.0443 e. The Morgan fingerprint density at radius 3 is 2.75 bits per heavy atom. The molecule has 1 heterocycles. The van der Waals surface area contributed by atoms with Crippen molar-refractivity contribution in [1.82, 2.24) is 4.90 Å². The highest BCUT2D eigenvalue weighted by atomic mass is 32.2. The largest absolute Gasteiger partial charge is 0.297 e. The van der Waals surface area contributed by atoms with E-state index in [-0.39, 0.29) is 0 Å². The van der Waals surface area contributed by atoms with E-state index in [0.29, 0.717) is 0 Å². The lowest BCUT2D eigenvalue weighted by molar-refractivity contribution is 0.371. The van der Waals surface area contributed by atoms with Gasteiger partial charge in [0.15, 0.2) is 0 Å². The van der Waals surface area contributed by atoms with Crippen molar-refractivity contribution in [3.05, 3.63) is 0 Å². The molecule has 0 radical (unpaired) electrons. The van der Waals surface area contributed by atoms with Crippen LogP contribution >= 0.6 is 11.8 Å². The smallest absolute Gasteiger partial charge is 0.0443 e. The van der Waals surface area contributed by atoms with Crippen molar-refractivity contribution in [1.29, 1.82) is 0 Å². The number of hydrogen-bond acceptors (Lipinski definition) is 2. The summed E-state index contributed by atoms with van der Waals surface area (Å²) in [4.78, 5) is 2.37. The monoisotopic (exact) mass is 131 g/mol. The highest BCUT2D eigenvalue weighted by molar-refractivity contribution is 7.99. The highest BCUT2D eigenvalue weighted by Crippen LogP contribution is 2.19. The first-order valence-corrected chi connectivity index (χ1v) is 4.14. The van der Waals surface area contributed by atoms with Gasteiger partial charge in [0.25, 0.3) is 0 Å². The van der Waals surface area contributed by atoms with E-state index in [1.807, 2.05) is 0 Å². The van der Waals surface area contributed by atoms with Crippen LogP contribution in [0.4, 0.5) is 0 Å². The number of hydrogen-bond donors (Lipinski definition) is 0. The summed E-state index contributed by atoms with van der Waals surface area (Å²) in [6.07, 6.45) is 1.36. The van der Waals surface area contributed by atoms with Gasteiger partial charge in [-0.05, 0) is 20.0 Å². The van der Waals surface area contributed by atoms with Gasteiger partial charge in [0.2, 0.25) is 0 Å². The first kappa shape index (κ1) is 6.43. The lowest BCUT2D eigenvalue weighted by atomic mass is 10.3. The zero-order valence-corrected chi connectivity index (χ0v) is 6.37. The average Bonchev–Trinajstić information content (AvgIpc) is 1.77. The minimum absolute atomic E-state index is 0.895. The lowest BCUT2D eigenvalue weighted by Crippen LogP contribution is -2.27. The van der Waals surface area contributed by atoms with Gasteiger partial charge in [-0.15, -0.1) is 11.8 Å². The van der Waals surface area contributed by atoms with Crippen LogP contribution in [0, 0.1) is 0 Å². The van der Waals surface area contributed by atoms with Crippen LogP contribution in [-0.2, 0) is 0 Å². The molecule has 0 aliphatic carbocycles. The van der Waals surface area contributed by atoms with E-state index in [1.54, 1.807) is 0 Å². The highest BCUT2D eigenvalue weighted by Gasteiger charge is 2.11. The fourth-order valence-electron chi connectivity index (χ4n) is 0.805. The predicted octanol–water partition coefficient (Wildman–Crippen LogP) is 1.40. The Morgan fingerprint density at radius 1 is 1.62 bits per heavy atom. The first-order valence-electron chi connectivity index (χ1n) is 3.09. The van der Waals surface area contributed by atoms with Crippen LogP contribution in [0.25, 0.3) is 0 Å². The summed E-state index contributed by atoms with van der Waals surface area (Å²) in [5, 5.41) is 0.895. The van der Waals surface area contributed by atoms with Crippen LogP contribution in [-0.4, -0.2) is 29.6 Å². The summed E-state index contributed by atoms with van der Waals surface area (Å²) in [5.41, 5.74) is 0. The standard InChI is InChI=1S/C6H13NS/c1-6-3-4-7(2)5-8-6/h6H,3-5H2,1-2H3. The first-order chi connectivity index (χ1) is 3.79. The Hall–Kier alpha value is 0.310. The van der Waals surface area contributed by atoms with E-state index >= 15 is 0 Å². The van der Waals surface area contributed by atoms with Crippen LogP contribution in [0.5, 0.6) is 0 Å². The summed E-state index contributed by atoms with van der Waals surface area (Å²) in [6.45, 7) is 3.59. The second kappa shape index (κ2) is 2.74. The molecule has 1 atom stereocenters. The third kappa shape index (κ3) is 1.67. The van der Waals surface area contributed by atoms with Gasteiger partial charge < -0.3 is 0 Å². The number of thioether (sulfide) groups is 1. The zero-order chi connectivity index (χ0) is 5.98. The molecule has 48 valence electrons. The Morgan fingerprint density at radius 2 is 2.38 bits per heavy atom. The number of rotatable bonds is 0. The molecule has 1 nitrogen and oxygen atoms in total. The molecular weight excluding hydrogens is 118 g/mol. The van der Waals surface area contributed by atoms with Crippen LogP contribution in [0.15, 0.2) is 0 Å². The molecule has 2 heteroatoms. The minimum atomic E-state index is 0.895. The normalized spacial score (nSPS) is 33.0. The third-order valence-electron chi connectivity index (χ3n) is 1.50. The van der Waals surface area contributed by atoms with Gasteiger partial charge in [-0.2, -0.15) is 0 Å². The summed E-state index contributed by atoms with van der Waals surface area (Å²) in [6, 6.07) is 0. The fourth-order valence-corrected chi connectivity index (χ4v) is 1.71. The Bertz CT molecular complexity index is 56.9.